The zero-order chi connectivity index (χ0) is 18.9. The van der Waals surface area contributed by atoms with E-state index in [1.807, 2.05) is 60.7 Å². The summed E-state index contributed by atoms with van der Waals surface area (Å²) in [7, 11) is 0. The fraction of sp³-hybridized carbons (Fsp3) is 0.286. The van der Waals surface area contributed by atoms with Gasteiger partial charge < -0.3 is 24.7 Å². The maximum Gasteiger partial charge on any atom is 0.128 e. The molecule has 6 heteroatoms. The van der Waals surface area contributed by atoms with E-state index in [2.05, 4.69) is 9.97 Å². The van der Waals surface area contributed by atoms with Gasteiger partial charge in [0.2, 0.25) is 0 Å². The van der Waals surface area contributed by atoms with E-state index in [4.69, 9.17) is 9.47 Å². The summed E-state index contributed by atoms with van der Waals surface area (Å²) in [5.41, 5.74) is 2.65. The molecule has 3 rings (SSSR count). The second kappa shape index (κ2) is 9.99. The first-order valence-electron chi connectivity index (χ1n) is 8.86. The van der Waals surface area contributed by atoms with E-state index < -0.39 is 24.9 Å². The number of hydrogen-bond acceptors (Lipinski definition) is 5. The van der Waals surface area contributed by atoms with Crippen LogP contribution in [0.5, 0.6) is 0 Å². The quantitative estimate of drug-likeness (QED) is 0.512. The Morgan fingerprint density at radius 2 is 1.48 bits per heavy atom. The molecule has 0 aliphatic rings. The standard InChI is InChI=1S/C21H24N2O4/c24-12-19(25)21(27-14-17-9-5-2-6-10-17)20(18-11-22-15-23-18)26-13-16-7-3-1-4-8-16/h1-11,15,19-21,24-25H,12-14H2,(H,22,23)/t19-,20-,21-/m0/s1. The maximum absolute atomic E-state index is 10.4. The summed E-state index contributed by atoms with van der Waals surface area (Å²) in [6.07, 6.45) is 0.711. The zero-order valence-electron chi connectivity index (χ0n) is 14.9. The molecular weight excluding hydrogens is 344 g/mol. The lowest BCUT2D eigenvalue weighted by Crippen LogP contribution is -2.38. The van der Waals surface area contributed by atoms with Crippen molar-refractivity contribution in [2.75, 3.05) is 6.61 Å². The highest BCUT2D eigenvalue weighted by Gasteiger charge is 2.32. The molecule has 3 N–H and O–H groups in total. The Labute approximate surface area is 158 Å². The fourth-order valence-corrected chi connectivity index (χ4v) is 2.81. The third-order valence-corrected chi connectivity index (χ3v) is 4.25. The summed E-state index contributed by atoms with van der Waals surface area (Å²) in [6.45, 7) is 0.203. The molecule has 0 radical (unpaired) electrons. The van der Waals surface area contributed by atoms with Gasteiger partial charge in [-0.05, 0) is 11.1 Å². The van der Waals surface area contributed by atoms with Crippen LogP contribution in [-0.2, 0) is 22.7 Å². The predicted molar refractivity (Wildman–Crippen MR) is 101 cm³/mol. The van der Waals surface area contributed by atoms with E-state index in [1.165, 1.54) is 0 Å². The fourth-order valence-electron chi connectivity index (χ4n) is 2.81. The molecule has 0 aliphatic carbocycles. The van der Waals surface area contributed by atoms with E-state index in [0.717, 1.165) is 11.1 Å². The summed E-state index contributed by atoms with van der Waals surface area (Å²) < 4.78 is 12.1. The van der Waals surface area contributed by atoms with Gasteiger partial charge in [0, 0.05) is 0 Å². The van der Waals surface area contributed by atoms with Gasteiger partial charge >= 0.3 is 0 Å². The molecule has 1 aromatic heterocycles. The van der Waals surface area contributed by atoms with Gasteiger partial charge in [0.05, 0.1) is 38.0 Å². The molecular formula is C21H24N2O4. The van der Waals surface area contributed by atoms with Crippen LogP contribution in [0.15, 0.2) is 73.2 Å². The number of aliphatic hydroxyl groups excluding tert-OH is 2. The van der Waals surface area contributed by atoms with Crippen molar-refractivity contribution in [3.8, 4) is 0 Å². The Morgan fingerprint density at radius 3 is 2.00 bits per heavy atom. The van der Waals surface area contributed by atoms with Crippen molar-refractivity contribution < 1.29 is 19.7 Å². The molecule has 27 heavy (non-hydrogen) atoms. The lowest BCUT2D eigenvalue weighted by atomic mass is 10.1. The summed E-state index contributed by atoms with van der Waals surface area (Å²) in [6, 6.07) is 19.4. The van der Waals surface area contributed by atoms with Crippen molar-refractivity contribution in [1.82, 2.24) is 9.97 Å². The van der Waals surface area contributed by atoms with E-state index >= 15 is 0 Å². The van der Waals surface area contributed by atoms with Crippen LogP contribution < -0.4 is 0 Å². The topological polar surface area (TPSA) is 87.6 Å². The minimum Gasteiger partial charge on any atom is -0.394 e. The molecule has 6 nitrogen and oxygen atoms in total. The van der Waals surface area contributed by atoms with E-state index in [0.29, 0.717) is 18.9 Å². The van der Waals surface area contributed by atoms with Crippen molar-refractivity contribution in [2.45, 2.75) is 31.5 Å². The Bertz CT molecular complexity index is 765. The Kier molecular flexibility index (Phi) is 7.12. The van der Waals surface area contributed by atoms with Crippen LogP contribution in [0.3, 0.4) is 0 Å². The van der Waals surface area contributed by atoms with E-state index in [1.54, 1.807) is 12.5 Å². The SMILES string of the molecule is OC[C@H](O)[C@H](OCc1ccccc1)[C@@H](OCc1ccccc1)c1cnc[nH]1. The van der Waals surface area contributed by atoms with Crippen LogP contribution in [0, 0.1) is 0 Å². The molecule has 0 unspecified atom stereocenters. The number of aromatic nitrogens is 2. The largest absolute Gasteiger partial charge is 0.394 e. The number of imidazole rings is 1. The first kappa shape index (κ1) is 19.3. The van der Waals surface area contributed by atoms with Crippen LogP contribution in [0.4, 0.5) is 0 Å². The Balaban J connectivity index is 1.76. The summed E-state index contributed by atoms with van der Waals surface area (Å²) in [4.78, 5) is 7.07. The van der Waals surface area contributed by atoms with Crippen LogP contribution in [0.2, 0.25) is 0 Å². The summed E-state index contributed by atoms with van der Waals surface area (Å²) in [5, 5.41) is 19.9. The molecule has 2 aromatic carbocycles. The molecule has 0 aliphatic heterocycles. The highest BCUT2D eigenvalue weighted by Crippen LogP contribution is 2.26. The minimum atomic E-state index is -1.10. The molecule has 3 aromatic rings. The Hall–Kier alpha value is -2.51. The van der Waals surface area contributed by atoms with Crippen LogP contribution in [0.25, 0.3) is 0 Å². The normalized spacial score (nSPS) is 14.6. The predicted octanol–water partition coefficient (Wildman–Crippen LogP) is 2.61. The van der Waals surface area contributed by atoms with Crippen molar-refractivity contribution >= 4 is 0 Å². The molecule has 142 valence electrons. The number of ether oxygens (including phenoxy) is 2. The number of H-pyrrole nitrogens is 1. The average Bonchev–Trinajstić information content (AvgIpc) is 3.26. The van der Waals surface area contributed by atoms with Crippen molar-refractivity contribution in [2.24, 2.45) is 0 Å². The van der Waals surface area contributed by atoms with Gasteiger partial charge in [-0.1, -0.05) is 60.7 Å². The zero-order valence-corrected chi connectivity index (χ0v) is 14.9. The first-order valence-corrected chi connectivity index (χ1v) is 8.86. The number of nitrogens with one attached hydrogen (secondary N) is 1. The van der Waals surface area contributed by atoms with Gasteiger partial charge in [-0.3, -0.25) is 0 Å². The number of nitrogens with zero attached hydrogens (tertiary/aromatic N) is 1. The lowest BCUT2D eigenvalue weighted by Gasteiger charge is -2.29. The average molecular weight is 368 g/mol. The number of aromatic amines is 1. The van der Waals surface area contributed by atoms with E-state index in [-0.39, 0.29) is 0 Å². The van der Waals surface area contributed by atoms with Gasteiger partial charge in [-0.25, -0.2) is 4.98 Å². The minimum absolute atomic E-state index is 0.294. The summed E-state index contributed by atoms with van der Waals surface area (Å²) >= 11 is 0. The van der Waals surface area contributed by atoms with Crippen molar-refractivity contribution in [3.05, 3.63) is 90.0 Å². The van der Waals surface area contributed by atoms with Crippen LogP contribution >= 0.6 is 0 Å². The molecule has 0 saturated carbocycles. The highest BCUT2D eigenvalue weighted by atomic mass is 16.5. The van der Waals surface area contributed by atoms with Gasteiger partial charge in [0.15, 0.2) is 0 Å². The van der Waals surface area contributed by atoms with Gasteiger partial charge in [-0.15, -0.1) is 0 Å². The number of rotatable bonds is 10. The highest BCUT2D eigenvalue weighted by molar-refractivity contribution is 5.15. The van der Waals surface area contributed by atoms with Crippen molar-refractivity contribution in [3.63, 3.8) is 0 Å². The smallest absolute Gasteiger partial charge is 0.128 e. The van der Waals surface area contributed by atoms with E-state index in [9.17, 15) is 10.2 Å². The second-order valence-electron chi connectivity index (χ2n) is 6.24. The summed E-state index contributed by atoms with van der Waals surface area (Å²) in [5.74, 6) is 0. The maximum atomic E-state index is 10.4. The molecule has 0 spiro atoms. The molecule has 0 fully saturated rings. The third kappa shape index (κ3) is 5.48. The lowest BCUT2D eigenvalue weighted by molar-refractivity contribution is -0.144. The molecule has 0 amide bonds. The number of benzene rings is 2. The van der Waals surface area contributed by atoms with Crippen LogP contribution in [-0.4, -0.2) is 39.0 Å². The molecule has 0 bridgehead atoms. The molecule has 3 atom stereocenters. The van der Waals surface area contributed by atoms with Gasteiger partial charge in [-0.2, -0.15) is 0 Å². The third-order valence-electron chi connectivity index (χ3n) is 4.25. The first-order chi connectivity index (χ1) is 13.3. The van der Waals surface area contributed by atoms with Crippen LogP contribution in [0.1, 0.15) is 22.9 Å². The van der Waals surface area contributed by atoms with Gasteiger partial charge in [0.1, 0.15) is 18.3 Å². The second-order valence-corrected chi connectivity index (χ2v) is 6.24. The number of hydrogen-bond donors (Lipinski definition) is 3. The Morgan fingerprint density at radius 1 is 0.889 bits per heavy atom. The number of aliphatic hydroxyl groups is 2. The monoisotopic (exact) mass is 368 g/mol. The van der Waals surface area contributed by atoms with Gasteiger partial charge in [0.25, 0.3) is 0 Å². The molecule has 0 saturated heterocycles. The molecule has 1 heterocycles. The van der Waals surface area contributed by atoms with Crippen molar-refractivity contribution in [1.29, 1.82) is 0 Å².